The third-order valence-corrected chi connectivity index (χ3v) is 4.13. The summed E-state index contributed by atoms with van der Waals surface area (Å²) in [6.07, 6.45) is 3.93. The van der Waals surface area contributed by atoms with Crippen molar-refractivity contribution in [2.45, 2.75) is 27.3 Å². The third-order valence-electron chi connectivity index (χ3n) is 4.13. The van der Waals surface area contributed by atoms with Gasteiger partial charge in [0.2, 0.25) is 5.82 Å². The summed E-state index contributed by atoms with van der Waals surface area (Å²) in [6, 6.07) is 8.66. The van der Waals surface area contributed by atoms with E-state index < -0.39 is 0 Å². The molecule has 1 aliphatic rings. The van der Waals surface area contributed by atoms with Crippen molar-refractivity contribution in [1.82, 2.24) is 14.8 Å². The molecule has 104 valence electrons. The van der Waals surface area contributed by atoms with Crippen molar-refractivity contribution in [3.8, 4) is 17.2 Å². The zero-order valence-electron chi connectivity index (χ0n) is 12.5. The van der Waals surface area contributed by atoms with Gasteiger partial charge >= 0.3 is 0 Å². The van der Waals surface area contributed by atoms with E-state index in [0.29, 0.717) is 0 Å². The SMILES string of the molecule is Cc1ccc2c(c1)C[n+]1cc(C)n(-c3nnccc3C)c1-2. The lowest BCUT2D eigenvalue weighted by molar-refractivity contribution is -0.671. The van der Waals surface area contributed by atoms with Crippen molar-refractivity contribution < 1.29 is 4.57 Å². The Kier molecular flexibility index (Phi) is 2.48. The van der Waals surface area contributed by atoms with Crippen LogP contribution in [0.1, 0.15) is 22.4 Å². The van der Waals surface area contributed by atoms with Gasteiger partial charge in [-0.25, -0.2) is 4.57 Å². The Hall–Kier alpha value is -2.49. The lowest BCUT2D eigenvalue weighted by Gasteiger charge is -2.04. The summed E-state index contributed by atoms with van der Waals surface area (Å²) >= 11 is 0. The highest BCUT2D eigenvalue weighted by Crippen LogP contribution is 2.31. The van der Waals surface area contributed by atoms with Crippen molar-refractivity contribution >= 4 is 0 Å². The van der Waals surface area contributed by atoms with E-state index in [2.05, 4.69) is 64.5 Å². The summed E-state index contributed by atoms with van der Waals surface area (Å²) < 4.78 is 4.51. The Morgan fingerprint density at radius 3 is 2.81 bits per heavy atom. The second kappa shape index (κ2) is 4.25. The van der Waals surface area contributed by atoms with Crippen LogP contribution in [-0.2, 0) is 6.54 Å². The molecular formula is C17H17N4+. The van der Waals surface area contributed by atoms with E-state index >= 15 is 0 Å². The van der Waals surface area contributed by atoms with Crippen molar-refractivity contribution in [2.24, 2.45) is 0 Å². The van der Waals surface area contributed by atoms with Gasteiger partial charge in [-0.2, -0.15) is 9.67 Å². The van der Waals surface area contributed by atoms with Gasteiger partial charge in [0.15, 0.2) is 0 Å². The molecule has 0 bridgehead atoms. The second-order valence-electron chi connectivity index (χ2n) is 5.76. The molecule has 0 N–H and O–H groups in total. The molecule has 4 nitrogen and oxygen atoms in total. The number of imidazole rings is 1. The molecule has 1 aliphatic heterocycles. The Morgan fingerprint density at radius 2 is 2.00 bits per heavy atom. The predicted molar refractivity (Wildman–Crippen MR) is 80.3 cm³/mol. The van der Waals surface area contributed by atoms with Gasteiger partial charge in [-0.3, -0.25) is 0 Å². The predicted octanol–water partition coefficient (Wildman–Crippen LogP) is 2.51. The van der Waals surface area contributed by atoms with Crippen molar-refractivity contribution in [1.29, 1.82) is 0 Å². The number of hydrogen-bond donors (Lipinski definition) is 0. The van der Waals surface area contributed by atoms with Gasteiger partial charge in [-0.15, -0.1) is 5.10 Å². The van der Waals surface area contributed by atoms with Crippen LogP contribution in [0.3, 0.4) is 0 Å². The zero-order chi connectivity index (χ0) is 14.6. The fourth-order valence-corrected chi connectivity index (χ4v) is 3.17. The standard InChI is InChI=1S/C17H17N4/c1-11-4-5-15-14(8-11)10-20-9-13(3)21(17(15)20)16-12(2)6-7-18-19-16/h4-9H,10H2,1-3H3/q+1. The van der Waals surface area contributed by atoms with Crippen molar-refractivity contribution in [3.63, 3.8) is 0 Å². The molecule has 0 aliphatic carbocycles. The highest BCUT2D eigenvalue weighted by atomic mass is 15.3. The van der Waals surface area contributed by atoms with Gasteiger partial charge in [0.25, 0.3) is 5.82 Å². The van der Waals surface area contributed by atoms with E-state index in [0.717, 1.165) is 17.9 Å². The van der Waals surface area contributed by atoms with Crippen LogP contribution < -0.4 is 4.57 Å². The Balaban J connectivity index is 2.01. The monoisotopic (exact) mass is 277 g/mol. The number of rotatable bonds is 1. The third kappa shape index (κ3) is 1.72. The first-order chi connectivity index (χ1) is 10.1. The minimum Gasteiger partial charge on any atom is -0.225 e. The number of hydrogen-bond acceptors (Lipinski definition) is 2. The molecule has 21 heavy (non-hydrogen) atoms. The average molecular weight is 277 g/mol. The molecule has 3 heterocycles. The quantitative estimate of drug-likeness (QED) is 0.501. The molecule has 0 spiro atoms. The van der Waals surface area contributed by atoms with E-state index in [1.165, 1.54) is 28.2 Å². The first kappa shape index (κ1) is 12.3. The number of aromatic nitrogens is 4. The lowest BCUT2D eigenvalue weighted by atomic mass is 10.1. The maximum atomic E-state index is 4.35. The summed E-state index contributed by atoms with van der Waals surface area (Å²) in [7, 11) is 0. The maximum Gasteiger partial charge on any atom is 0.296 e. The molecule has 0 amide bonds. The molecular weight excluding hydrogens is 260 g/mol. The van der Waals surface area contributed by atoms with Crippen LogP contribution in [0.4, 0.5) is 0 Å². The molecule has 0 saturated heterocycles. The highest BCUT2D eigenvalue weighted by Gasteiger charge is 2.33. The molecule has 4 rings (SSSR count). The van der Waals surface area contributed by atoms with E-state index in [1.54, 1.807) is 6.20 Å². The number of aryl methyl sites for hydroxylation is 3. The smallest absolute Gasteiger partial charge is 0.225 e. The van der Waals surface area contributed by atoms with Gasteiger partial charge in [-0.05, 0) is 26.0 Å². The van der Waals surface area contributed by atoms with E-state index in [4.69, 9.17) is 0 Å². The van der Waals surface area contributed by atoms with E-state index in [9.17, 15) is 0 Å². The van der Waals surface area contributed by atoms with Crippen LogP contribution in [0, 0.1) is 20.8 Å². The normalized spacial score (nSPS) is 12.3. The Bertz CT molecular complexity index is 861. The summed E-state index contributed by atoms with van der Waals surface area (Å²) in [4.78, 5) is 0. The minimum absolute atomic E-state index is 0.914. The molecule has 4 heteroatoms. The van der Waals surface area contributed by atoms with Crippen molar-refractivity contribution in [2.75, 3.05) is 0 Å². The topological polar surface area (TPSA) is 34.6 Å². The first-order valence-electron chi connectivity index (χ1n) is 7.15. The number of fused-ring (bicyclic) bond motifs is 3. The van der Waals surface area contributed by atoms with Gasteiger partial charge < -0.3 is 0 Å². The average Bonchev–Trinajstić information content (AvgIpc) is 2.93. The zero-order valence-corrected chi connectivity index (χ0v) is 12.5. The maximum absolute atomic E-state index is 4.35. The summed E-state index contributed by atoms with van der Waals surface area (Å²) in [5.41, 5.74) is 6.28. The van der Waals surface area contributed by atoms with Gasteiger partial charge in [-0.1, -0.05) is 17.7 Å². The Morgan fingerprint density at radius 1 is 1.14 bits per heavy atom. The summed E-state index contributed by atoms with van der Waals surface area (Å²) in [5, 5.41) is 8.41. The molecule has 1 aromatic carbocycles. The van der Waals surface area contributed by atoms with Gasteiger partial charge in [0.1, 0.15) is 18.4 Å². The first-order valence-corrected chi connectivity index (χ1v) is 7.15. The van der Waals surface area contributed by atoms with E-state index in [1.807, 2.05) is 6.07 Å². The van der Waals surface area contributed by atoms with Gasteiger partial charge in [0, 0.05) is 18.1 Å². The highest BCUT2D eigenvalue weighted by molar-refractivity contribution is 5.63. The van der Waals surface area contributed by atoms with Crippen LogP contribution in [-0.4, -0.2) is 14.8 Å². The molecule has 0 unspecified atom stereocenters. The fraction of sp³-hybridized carbons (Fsp3) is 0.235. The largest absolute Gasteiger partial charge is 0.296 e. The van der Waals surface area contributed by atoms with Crippen LogP contribution in [0.15, 0.2) is 36.7 Å². The molecule has 0 saturated carbocycles. The van der Waals surface area contributed by atoms with Crippen LogP contribution >= 0.6 is 0 Å². The van der Waals surface area contributed by atoms with E-state index in [-0.39, 0.29) is 0 Å². The second-order valence-corrected chi connectivity index (χ2v) is 5.76. The number of nitrogens with zero attached hydrogens (tertiary/aromatic N) is 4. The van der Waals surface area contributed by atoms with Crippen molar-refractivity contribution in [3.05, 3.63) is 59.0 Å². The summed E-state index contributed by atoms with van der Waals surface area (Å²) in [5.74, 6) is 2.11. The van der Waals surface area contributed by atoms with Crippen LogP contribution in [0.5, 0.6) is 0 Å². The van der Waals surface area contributed by atoms with Crippen LogP contribution in [0.2, 0.25) is 0 Å². The van der Waals surface area contributed by atoms with Crippen LogP contribution in [0.25, 0.3) is 17.2 Å². The molecule has 0 fully saturated rings. The fourth-order valence-electron chi connectivity index (χ4n) is 3.17. The lowest BCUT2D eigenvalue weighted by Crippen LogP contribution is -2.30. The Labute approximate surface area is 123 Å². The minimum atomic E-state index is 0.914. The molecule has 3 aromatic rings. The molecule has 0 atom stereocenters. The van der Waals surface area contributed by atoms with Gasteiger partial charge in [0.05, 0.1) is 11.8 Å². The summed E-state index contributed by atoms with van der Waals surface area (Å²) in [6.45, 7) is 7.26. The number of benzene rings is 1. The molecule has 2 aromatic heterocycles. The molecule has 0 radical (unpaired) electrons.